The van der Waals surface area contributed by atoms with Gasteiger partial charge in [-0.1, -0.05) is 51.4 Å². The molecule has 0 aliphatic heterocycles. The van der Waals surface area contributed by atoms with Gasteiger partial charge < -0.3 is 4.43 Å². The second-order valence-corrected chi connectivity index (χ2v) is 9.49. The monoisotopic (exact) mass is 226 g/mol. The van der Waals surface area contributed by atoms with E-state index in [1.807, 2.05) is 18.2 Å². The summed E-state index contributed by atoms with van der Waals surface area (Å²) in [6.45, 7) is 0. The van der Waals surface area contributed by atoms with Gasteiger partial charge in [0.2, 0.25) is 0 Å². The van der Waals surface area contributed by atoms with Gasteiger partial charge in [-0.05, 0) is 12.1 Å². The highest BCUT2D eigenvalue weighted by atomic mass is 35.8. The van der Waals surface area contributed by atoms with Gasteiger partial charge in [0.1, 0.15) is 5.75 Å². The van der Waals surface area contributed by atoms with E-state index in [1.165, 1.54) is 0 Å². The van der Waals surface area contributed by atoms with E-state index in [1.54, 1.807) is 12.1 Å². The van der Waals surface area contributed by atoms with Gasteiger partial charge in [-0.3, -0.25) is 0 Å². The average Bonchev–Trinajstić information content (AvgIpc) is 1.85. The number of hydrogen-bond donors (Lipinski definition) is 0. The molecule has 0 atom stereocenters. The highest BCUT2D eigenvalue weighted by Crippen LogP contribution is 2.24. The Morgan fingerprint density at radius 2 is 1.55 bits per heavy atom. The number of para-hydroxylation sites is 1. The van der Waals surface area contributed by atoms with Crippen molar-refractivity contribution in [2.24, 2.45) is 0 Å². The molecule has 1 rings (SSSR count). The molecule has 1 aromatic carbocycles. The molecule has 0 N–H and O–H groups in total. The molecule has 0 saturated heterocycles. The van der Waals surface area contributed by atoms with Crippen molar-refractivity contribution < 1.29 is 4.43 Å². The number of halogens is 3. The molecule has 1 aromatic rings. The number of rotatable bonds is 2. The minimum absolute atomic E-state index is 0.596. The van der Waals surface area contributed by atoms with Crippen LogP contribution in [0.5, 0.6) is 5.75 Å². The van der Waals surface area contributed by atoms with E-state index in [4.69, 9.17) is 37.7 Å². The Kier molecular flexibility index (Phi) is 3.07. The van der Waals surface area contributed by atoms with Crippen molar-refractivity contribution in [3.63, 3.8) is 0 Å². The van der Waals surface area contributed by atoms with E-state index in [2.05, 4.69) is 0 Å². The third-order valence-electron chi connectivity index (χ3n) is 0.977. The van der Waals surface area contributed by atoms with Gasteiger partial charge in [-0.2, -0.15) is 0 Å². The lowest BCUT2D eigenvalue weighted by atomic mass is 10.3. The van der Waals surface area contributed by atoms with Gasteiger partial charge in [-0.25, -0.2) is 0 Å². The molecule has 0 aliphatic rings. The van der Waals surface area contributed by atoms with Crippen LogP contribution in [0.25, 0.3) is 0 Å². The molecule has 0 spiro atoms. The largest absolute Gasteiger partial charge is 0.555 e. The summed E-state index contributed by atoms with van der Waals surface area (Å²) in [6.07, 6.45) is -2.98. The predicted octanol–water partition coefficient (Wildman–Crippen LogP) is 3.22. The van der Waals surface area contributed by atoms with E-state index < -0.39 is 6.25 Å². The lowest BCUT2D eigenvalue weighted by Gasteiger charge is -2.10. The van der Waals surface area contributed by atoms with Gasteiger partial charge in [-0.15, -0.1) is 0 Å². The van der Waals surface area contributed by atoms with Crippen molar-refractivity contribution in [1.82, 2.24) is 0 Å². The summed E-state index contributed by atoms with van der Waals surface area (Å²) >= 11 is 16.5. The van der Waals surface area contributed by atoms with E-state index >= 15 is 0 Å². The molecule has 11 heavy (non-hydrogen) atoms. The highest BCUT2D eigenvalue weighted by molar-refractivity contribution is 7.62. The zero-order valence-electron chi connectivity index (χ0n) is 5.43. The molecular formula is C6H5Cl3OSi. The zero-order chi connectivity index (χ0) is 8.32. The van der Waals surface area contributed by atoms with Crippen LogP contribution in [-0.2, 0) is 0 Å². The Morgan fingerprint density at radius 1 is 1.00 bits per heavy atom. The normalized spacial score (nSPS) is 11.2. The van der Waals surface area contributed by atoms with Crippen LogP contribution in [0.3, 0.4) is 0 Å². The minimum Gasteiger partial charge on any atom is -0.508 e. The Bertz CT molecular complexity index is 221. The number of benzene rings is 1. The quantitative estimate of drug-likeness (QED) is 0.557. The van der Waals surface area contributed by atoms with Crippen LogP contribution in [-0.4, -0.2) is 6.25 Å². The summed E-state index contributed by atoms with van der Waals surface area (Å²) in [5, 5.41) is 0. The number of hydrogen-bond acceptors (Lipinski definition) is 1. The summed E-state index contributed by atoms with van der Waals surface area (Å²) in [5.41, 5.74) is 0. The maximum absolute atomic E-state index is 5.52. The van der Waals surface area contributed by atoms with Gasteiger partial charge >= 0.3 is 6.25 Å². The molecule has 0 heterocycles. The van der Waals surface area contributed by atoms with Crippen LogP contribution in [0.4, 0.5) is 0 Å². The van der Waals surface area contributed by atoms with Crippen molar-refractivity contribution in [2.45, 2.75) is 0 Å². The summed E-state index contributed by atoms with van der Waals surface area (Å²) in [6, 6.07) is 9.00. The molecule has 0 bridgehead atoms. The van der Waals surface area contributed by atoms with Crippen LogP contribution in [0, 0.1) is 0 Å². The fourth-order valence-corrected chi connectivity index (χ4v) is 1.83. The third kappa shape index (κ3) is 3.87. The first kappa shape index (κ1) is 9.20. The first-order valence-corrected chi connectivity index (χ1v) is 7.83. The lowest BCUT2D eigenvalue weighted by Crippen LogP contribution is -2.19. The van der Waals surface area contributed by atoms with Crippen molar-refractivity contribution >= 4 is 39.5 Å². The lowest BCUT2D eigenvalue weighted by molar-refractivity contribution is 0.596. The maximum atomic E-state index is 5.52. The topological polar surface area (TPSA) is 9.23 Å². The predicted molar refractivity (Wildman–Crippen MR) is 50.4 cm³/mol. The third-order valence-corrected chi connectivity index (χ3v) is 2.14. The Morgan fingerprint density at radius 3 is 2.00 bits per heavy atom. The molecule has 60 valence electrons. The first-order chi connectivity index (χ1) is 5.08. The Hall–Kier alpha value is 0.107. The molecule has 0 saturated carbocycles. The Labute approximate surface area is 80.1 Å². The molecule has 0 unspecified atom stereocenters. The SMILES string of the molecule is Cl[Si](Cl)(Cl)Oc1ccccc1. The molecule has 0 amide bonds. The van der Waals surface area contributed by atoms with E-state index in [0.717, 1.165) is 0 Å². The van der Waals surface area contributed by atoms with Crippen LogP contribution >= 0.6 is 33.2 Å². The van der Waals surface area contributed by atoms with Crippen LogP contribution in [0.15, 0.2) is 30.3 Å². The van der Waals surface area contributed by atoms with Crippen LogP contribution in [0.1, 0.15) is 0 Å². The summed E-state index contributed by atoms with van der Waals surface area (Å²) in [4.78, 5) is 0. The molecule has 0 fully saturated rings. The smallest absolute Gasteiger partial charge is 0.508 e. The first-order valence-electron chi connectivity index (χ1n) is 2.89. The Balaban J connectivity index is 2.66. The summed E-state index contributed by atoms with van der Waals surface area (Å²) < 4.78 is 5.04. The molecule has 1 nitrogen and oxygen atoms in total. The van der Waals surface area contributed by atoms with Crippen molar-refractivity contribution in [1.29, 1.82) is 0 Å². The minimum atomic E-state index is -2.98. The highest BCUT2D eigenvalue weighted by Gasteiger charge is 2.29. The van der Waals surface area contributed by atoms with Gasteiger partial charge in [0.15, 0.2) is 0 Å². The van der Waals surface area contributed by atoms with Gasteiger partial charge in [0.25, 0.3) is 0 Å². The average molecular weight is 228 g/mol. The van der Waals surface area contributed by atoms with Crippen molar-refractivity contribution in [3.8, 4) is 5.75 Å². The second kappa shape index (κ2) is 3.67. The molecule has 5 heteroatoms. The van der Waals surface area contributed by atoms with E-state index in [0.29, 0.717) is 5.75 Å². The van der Waals surface area contributed by atoms with Crippen molar-refractivity contribution in [3.05, 3.63) is 30.3 Å². The fraction of sp³-hybridized carbons (Fsp3) is 0. The van der Waals surface area contributed by atoms with E-state index in [-0.39, 0.29) is 0 Å². The summed E-state index contributed by atoms with van der Waals surface area (Å²) in [7, 11) is 0. The van der Waals surface area contributed by atoms with E-state index in [9.17, 15) is 0 Å². The molecular weight excluding hydrogens is 223 g/mol. The molecule has 0 aromatic heterocycles. The zero-order valence-corrected chi connectivity index (χ0v) is 8.70. The molecule has 0 aliphatic carbocycles. The molecule has 0 radical (unpaired) electrons. The van der Waals surface area contributed by atoms with Crippen LogP contribution in [0.2, 0.25) is 0 Å². The summed E-state index contributed by atoms with van der Waals surface area (Å²) in [5.74, 6) is 0.596. The second-order valence-electron chi connectivity index (χ2n) is 1.86. The van der Waals surface area contributed by atoms with Crippen LogP contribution < -0.4 is 4.43 Å². The maximum Gasteiger partial charge on any atom is 0.555 e. The van der Waals surface area contributed by atoms with Gasteiger partial charge in [0.05, 0.1) is 0 Å². The van der Waals surface area contributed by atoms with Crippen molar-refractivity contribution in [2.75, 3.05) is 0 Å². The van der Waals surface area contributed by atoms with Gasteiger partial charge in [0, 0.05) is 0 Å². The standard InChI is InChI=1S/C6H5Cl3OSi/c7-11(8,9)10-6-4-2-1-3-5-6/h1-5H. The fourth-order valence-electron chi connectivity index (χ4n) is 0.622.